The van der Waals surface area contributed by atoms with Crippen LogP contribution in [0.2, 0.25) is 0 Å². The van der Waals surface area contributed by atoms with E-state index in [1.807, 2.05) is 6.07 Å². The lowest BCUT2D eigenvalue weighted by molar-refractivity contribution is 0.460. The first-order valence-electron chi connectivity index (χ1n) is 7.35. The summed E-state index contributed by atoms with van der Waals surface area (Å²) in [4.78, 5) is 8.82. The van der Waals surface area contributed by atoms with E-state index in [2.05, 4.69) is 27.4 Å². The third kappa shape index (κ3) is 3.10. The molecule has 1 heterocycles. The number of hydrogen-bond donors (Lipinski definition) is 1. The summed E-state index contributed by atoms with van der Waals surface area (Å²) in [6.07, 6.45) is 11.7. The lowest BCUT2D eigenvalue weighted by Gasteiger charge is -2.16. The van der Waals surface area contributed by atoms with Gasteiger partial charge in [0.05, 0.1) is 11.0 Å². The summed E-state index contributed by atoms with van der Waals surface area (Å²) in [5, 5.41) is 3.70. The van der Waals surface area contributed by atoms with E-state index in [0.29, 0.717) is 6.04 Å². The number of fused-ring (bicyclic) bond motifs is 1. The van der Waals surface area contributed by atoms with Crippen molar-refractivity contribution in [3.05, 3.63) is 36.2 Å². The van der Waals surface area contributed by atoms with Crippen LogP contribution in [0.4, 0.5) is 0 Å². The number of nitrogens with zero attached hydrogens (tertiary/aromatic N) is 2. The lowest BCUT2D eigenvalue weighted by Crippen LogP contribution is -2.28. The Labute approximate surface area is 114 Å². The van der Waals surface area contributed by atoms with Gasteiger partial charge in [-0.25, -0.2) is 0 Å². The van der Waals surface area contributed by atoms with E-state index < -0.39 is 0 Å². The smallest absolute Gasteiger partial charge is 0.0931 e. The minimum absolute atomic E-state index is 0.675. The molecule has 0 bridgehead atoms. The van der Waals surface area contributed by atoms with Crippen LogP contribution in [0.25, 0.3) is 11.0 Å². The molecule has 3 rings (SSSR count). The maximum absolute atomic E-state index is 4.46. The van der Waals surface area contributed by atoms with Gasteiger partial charge in [-0.2, -0.15) is 0 Å². The molecule has 100 valence electrons. The lowest BCUT2D eigenvalue weighted by atomic mass is 10.1. The van der Waals surface area contributed by atoms with Crippen LogP contribution in [0.5, 0.6) is 0 Å². The number of aromatic nitrogens is 2. The Morgan fingerprint density at radius 2 is 1.79 bits per heavy atom. The van der Waals surface area contributed by atoms with Gasteiger partial charge in [0.1, 0.15) is 0 Å². The van der Waals surface area contributed by atoms with E-state index in [0.717, 1.165) is 17.6 Å². The van der Waals surface area contributed by atoms with Gasteiger partial charge in [-0.05, 0) is 24.5 Å². The fraction of sp³-hybridized carbons (Fsp3) is 0.500. The first-order chi connectivity index (χ1) is 9.43. The van der Waals surface area contributed by atoms with E-state index in [9.17, 15) is 0 Å². The molecule has 1 aliphatic carbocycles. The molecule has 1 aliphatic rings. The van der Waals surface area contributed by atoms with Crippen LogP contribution < -0.4 is 5.32 Å². The van der Waals surface area contributed by atoms with E-state index in [1.165, 1.54) is 44.1 Å². The largest absolute Gasteiger partial charge is 0.310 e. The average molecular weight is 255 g/mol. The summed E-state index contributed by atoms with van der Waals surface area (Å²) in [6, 6.07) is 6.92. The molecule has 3 nitrogen and oxygen atoms in total. The molecule has 0 unspecified atom stereocenters. The van der Waals surface area contributed by atoms with Crippen LogP contribution >= 0.6 is 0 Å². The zero-order valence-electron chi connectivity index (χ0n) is 11.3. The third-order valence-electron chi connectivity index (χ3n) is 4.02. The topological polar surface area (TPSA) is 37.8 Å². The minimum Gasteiger partial charge on any atom is -0.310 e. The molecule has 0 amide bonds. The second-order valence-corrected chi connectivity index (χ2v) is 5.41. The number of benzene rings is 1. The van der Waals surface area contributed by atoms with Crippen molar-refractivity contribution in [1.82, 2.24) is 15.3 Å². The van der Waals surface area contributed by atoms with Gasteiger partial charge in [-0.1, -0.05) is 37.8 Å². The minimum atomic E-state index is 0.675. The molecular weight excluding hydrogens is 234 g/mol. The van der Waals surface area contributed by atoms with Crippen molar-refractivity contribution in [1.29, 1.82) is 0 Å². The average Bonchev–Trinajstić information content (AvgIpc) is 2.74. The highest BCUT2D eigenvalue weighted by Gasteiger charge is 2.12. The maximum atomic E-state index is 4.46. The molecule has 1 aromatic heterocycles. The third-order valence-corrected chi connectivity index (χ3v) is 4.02. The van der Waals surface area contributed by atoms with Gasteiger partial charge in [0.2, 0.25) is 0 Å². The van der Waals surface area contributed by atoms with Gasteiger partial charge in [0.25, 0.3) is 0 Å². The summed E-state index contributed by atoms with van der Waals surface area (Å²) < 4.78 is 0. The standard InChI is InChI=1S/C16H21N3/c1-2-4-8-14(7-3-1)19-12-13-6-5-9-15-16(13)18-11-10-17-15/h5-6,9-11,14,19H,1-4,7-8,12H2. The van der Waals surface area contributed by atoms with E-state index in [1.54, 1.807) is 12.4 Å². The Morgan fingerprint density at radius 1 is 1.00 bits per heavy atom. The number of hydrogen-bond acceptors (Lipinski definition) is 3. The first kappa shape index (κ1) is 12.5. The fourth-order valence-corrected chi connectivity index (χ4v) is 2.93. The van der Waals surface area contributed by atoms with Gasteiger partial charge in [-0.15, -0.1) is 0 Å². The van der Waals surface area contributed by atoms with E-state index in [4.69, 9.17) is 0 Å². The monoisotopic (exact) mass is 255 g/mol. The predicted molar refractivity (Wildman–Crippen MR) is 77.9 cm³/mol. The molecule has 1 N–H and O–H groups in total. The highest BCUT2D eigenvalue weighted by Crippen LogP contribution is 2.19. The predicted octanol–water partition coefficient (Wildman–Crippen LogP) is 3.44. The molecule has 0 atom stereocenters. The molecule has 0 spiro atoms. The van der Waals surface area contributed by atoms with Crippen LogP contribution in [0.1, 0.15) is 44.1 Å². The molecule has 1 fully saturated rings. The Bertz CT molecular complexity index is 525. The van der Waals surface area contributed by atoms with Gasteiger partial charge in [-0.3, -0.25) is 9.97 Å². The number of para-hydroxylation sites is 1. The Hall–Kier alpha value is -1.48. The second kappa shape index (κ2) is 6.11. The Balaban J connectivity index is 1.71. The zero-order valence-corrected chi connectivity index (χ0v) is 11.3. The highest BCUT2D eigenvalue weighted by molar-refractivity contribution is 5.77. The van der Waals surface area contributed by atoms with Crippen LogP contribution in [0, 0.1) is 0 Å². The first-order valence-corrected chi connectivity index (χ1v) is 7.35. The molecule has 1 saturated carbocycles. The molecule has 1 aromatic carbocycles. The molecular formula is C16H21N3. The van der Waals surface area contributed by atoms with Crippen molar-refractivity contribution >= 4 is 11.0 Å². The fourth-order valence-electron chi connectivity index (χ4n) is 2.93. The normalized spacial score (nSPS) is 17.5. The number of rotatable bonds is 3. The quantitative estimate of drug-likeness (QED) is 0.854. The van der Waals surface area contributed by atoms with Crippen LogP contribution in [-0.4, -0.2) is 16.0 Å². The molecule has 0 aliphatic heterocycles. The van der Waals surface area contributed by atoms with Crippen molar-refractivity contribution in [2.75, 3.05) is 0 Å². The SMILES string of the molecule is c1cc(CNC2CCCCCC2)c2nccnc2c1. The molecule has 19 heavy (non-hydrogen) atoms. The Morgan fingerprint density at radius 3 is 2.63 bits per heavy atom. The highest BCUT2D eigenvalue weighted by atomic mass is 14.9. The molecule has 0 radical (unpaired) electrons. The summed E-state index contributed by atoms with van der Waals surface area (Å²) in [5.41, 5.74) is 3.28. The summed E-state index contributed by atoms with van der Waals surface area (Å²) in [5.74, 6) is 0. The van der Waals surface area contributed by atoms with Gasteiger partial charge < -0.3 is 5.32 Å². The van der Waals surface area contributed by atoms with E-state index in [-0.39, 0.29) is 0 Å². The van der Waals surface area contributed by atoms with Crippen LogP contribution in [0.3, 0.4) is 0 Å². The van der Waals surface area contributed by atoms with Crippen molar-refractivity contribution < 1.29 is 0 Å². The van der Waals surface area contributed by atoms with Crippen LogP contribution in [0.15, 0.2) is 30.6 Å². The number of nitrogens with one attached hydrogen (secondary N) is 1. The van der Waals surface area contributed by atoms with Crippen molar-refractivity contribution in [2.45, 2.75) is 51.1 Å². The van der Waals surface area contributed by atoms with Crippen molar-refractivity contribution in [3.8, 4) is 0 Å². The summed E-state index contributed by atoms with van der Waals surface area (Å²) in [6.45, 7) is 0.903. The van der Waals surface area contributed by atoms with Crippen molar-refractivity contribution in [2.24, 2.45) is 0 Å². The molecule has 0 saturated heterocycles. The van der Waals surface area contributed by atoms with Crippen LogP contribution in [-0.2, 0) is 6.54 Å². The van der Waals surface area contributed by atoms with Crippen molar-refractivity contribution in [3.63, 3.8) is 0 Å². The summed E-state index contributed by atoms with van der Waals surface area (Å²) >= 11 is 0. The zero-order chi connectivity index (χ0) is 12.9. The Kier molecular flexibility index (Phi) is 4.04. The van der Waals surface area contributed by atoms with E-state index >= 15 is 0 Å². The molecule has 2 aromatic rings. The van der Waals surface area contributed by atoms with Gasteiger partial charge in [0.15, 0.2) is 0 Å². The molecule has 3 heteroatoms. The van der Waals surface area contributed by atoms with Gasteiger partial charge >= 0.3 is 0 Å². The van der Waals surface area contributed by atoms with Gasteiger partial charge in [0, 0.05) is 25.0 Å². The maximum Gasteiger partial charge on any atom is 0.0931 e. The second-order valence-electron chi connectivity index (χ2n) is 5.41. The summed E-state index contributed by atoms with van der Waals surface area (Å²) in [7, 11) is 0.